The van der Waals surface area contributed by atoms with Gasteiger partial charge >= 0.3 is 0 Å². The Hall–Kier alpha value is -2.68. The minimum atomic E-state index is 0.00584. The molecular formula is C18H16O3. The highest BCUT2D eigenvalue weighted by molar-refractivity contribution is 6.01. The van der Waals surface area contributed by atoms with Crippen molar-refractivity contribution in [2.45, 2.75) is 6.92 Å². The van der Waals surface area contributed by atoms with Crippen molar-refractivity contribution in [2.75, 3.05) is 7.11 Å². The molecule has 21 heavy (non-hydrogen) atoms. The van der Waals surface area contributed by atoms with Gasteiger partial charge in [-0.05, 0) is 28.8 Å². The molecule has 2 N–H and O–H groups in total. The van der Waals surface area contributed by atoms with Gasteiger partial charge in [0.2, 0.25) is 0 Å². The molecule has 3 heteroatoms. The van der Waals surface area contributed by atoms with Gasteiger partial charge in [0.15, 0.2) is 0 Å². The number of methoxy groups -OCH3 is 1. The third-order valence-electron chi connectivity index (χ3n) is 3.69. The first-order valence-electron chi connectivity index (χ1n) is 6.70. The van der Waals surface area contributed by atoms with Gasteiger partial charge in [-0.1, -0.05) is 36.4 Å². The highest BCUT2D eigenvalue weighted by atomic mass is 16.5. The molecule has 106 valence electrons. The van der Waals surface area contributed by atoms with E-state index in [-0.39, 0.29) is 11.5 Å². The van der Waals surface area contributed by atoms with Gasteiger partial charge in [-0.2, -0.15) is 0 Å². The normalized spacial score (nSPS) is 10.8. The van der Waals surface area contributed by atoms with Crippen LogP contribution in [-0.2, 0) is 0 Å². The highest BCUT2D eigenvalue weighted by Gasteiger charge is 2.17. The summed E-state index contributed by atoms with van der Waals surface area (Å²) in [6, 6.07) is 15.0. The molecule has 0 aromatic heterocycles. The van der Waals surface area contributed by atoms with Crippen molar-refractivity contribution in [1.29, 1.82) is 0 Å². The molecule has 0 saturated carbocycles. The Labute approximate surface area is 123 Å². The number of aromatic hydroxyl groups is 2. The van der Waals surface area contributed by atoms with E-state index in [1.165, 1.54) is 19.2 Å². The zero-order valence-electron chi connectivity index (χ0n) is 11.9. The Morgan fingerprint density at radius 3 is 2.19 bits per heavy atom. The quantitative estimate of drug-likeness (QED) is 0.738. The molecule has 0 spiro atoms. The monoisotopic (exact) mass is 280 g/mol. The fourth-order valence-electron chi connectivity index (χ4n) is 2.67. The zero-order chi connectivity index (χ0) is 15.0. The summed E-state index contributed by atoms with van der Waals surface area (Å²) >= 11 is 0. The van der Waals surface area contributed by atoms with E-state index in [2.05, 4.69) is 0 Å². The minimum absolute atomic E-state index is 0.00584. The lowest BCUT2D eigenvalue weighted by Crippen LogP contribution is -1.90. The van der Waals surface area contributed by atoms with Crippen LogP contribution in [0.1, 0.15) is 5.56 Å². The van der Waals surface area contributed by atoms with Crippen molar-refractivity contribution in [3.8, 4) is 28.4 Å². The van der Waals surface area contributed by atoms with Crippen molar-refractivity contribution in [1.82, 2.24) is 0 Å². The lowest BCUT2D eigenvalue weighted by atomic mass is 9.92. The number of rotatable bonds is 2. The second-order valence-electron chi connectivity index (χ2n) is 5.02. The topological polar surface area (TPSA) is 49.7 Å². The number of benzene rings is 3. The lowest BCUT2D eigenvalue weighted by Gasteiger charge is -2.14. The Morgan fingerprint density at radius 1 is 0.857 bits per heavy atom. The molecule has 3 nitrogen and oxygen atoms in total. The third kappa shape index (κ3) is 2.17. The van der Waals surface area contributed by atoms with E-state index >= 15 is 0 Å². The first-order valence-corrected chi connectivity index (χ1v) is 6.70. The van der Waals surface area contributed by atoms with Crippen LogP contribution in [0, 0.1) is 6.92 Å². The fourth-order valence-corrected chi connectivity index (χ4v) is 2.67. The second kappa shape index (κ2) is 5.02. The average molecular weight is 280 g/mol. The van der Waals surface area contributed by atoms with Crippen LogP contribution in [0.5, 0.6) is 17.2 Å². The number of ether oxygens (including phenoxy) is 1. The summed E-state index contributed by atoms with van der Waals surface area (Å²) < 4.78 is 5.06. The minimum Gasteiger partial charge on any atom is -0.507 e. The summed E-state index contributed by atoms with van der Waals surface area (Å²) in [7, 11) is 1.50. The Bertz CT molecular complexity index is 799. The van der Waals surface area contributed by atoms with Crippen LogP contribution in [0.15, 0.2) is 48.5 Å². The Kier molecular flexibility index (Phi) is 3.18. The number of aryl methyl sites for hydroxylation is 1. The Morgan fingerprint density at radius 2 is 1.52 bits per heavy atom. The van der Waals surface area contributed by atoms with Gasteiger partial charge in [-0.15, -0.1) is 0 Å². The lowest BCUT2D eigenvalue weighted by molar-refractivity contribution is 0.399. The van der Waals surface area contributed by atoms with E-state index in [9.17, 15) is 10.2 Å². The maximum Gasteiger partial charge on any atom is 0.130 e. The predicted octanol–water partition coefficient (Wildman–Crippen LogP) is 4.24. The smallest absolute Gasteiger partial charge is 0.130 e. The fraction of sp³-hybridized carbons (Fsp3) is 0.111. The molecule has 0 saturated heterocycles. The van der Waals surface area contributed by atoms with Crippen LogP contribution in [-0.4, -0.2) is 17.3 Å². The van der Waals surface area contributed by atoms with Crippen LogP contribution in [0.2, 0.25) is 0 Å². The molecule has 3 rings (SSSR count). The summed E-state index contributed by atoms with van der Waals surface area (Å²) in [5.41, 5.74) is 2.26. The highest BCUT2D eigenvalue weighted by Crippen LogP contribution is 2.44. The van der Waals surface area contributed by atoms with Gasteiger partial charge in [0.1, 0.15) is 17.2 Å². The number of phenolic OH excluding ortho intramolecular Hbond substituents is 2. The number of hydrogen-bond donors (Lipinski definition) is 2. The maximum absolute atomic E-state index is 10.3. The van der Waals surface area contributed by atoms with E-state index in [0.717, 1.165) is 21.9 Å². The molecule has 0 bridgehead atoms. The third-order valence-corrected chi connectivity index (χ3v) is 3.69. The number of hydrogen-bond acceptors (Lipinski definition) is 3. The molecule has 0 atom stereocenters. The molecule has 0 unspecified atom stereocenters. The molecule has 0 radical (unpaired) electrons. The van der Waals surface area contributed by atoms with E-state index in [4.69, 9.17) is 4.74 Å². The summed E-state index contributed by atoms with van der Waals surface area (Å²) in [4.78, 5) is 0. The summed E-state index contributed by atoms with van der Waals surface area (Å²) in [5, 5.41) is 22.7. The molecular weight excluding hydrogens is 264 g/mol. The van der Waals surface area contributed by atoms with Crippen LogP contribution in [0.25, 0.3) is 21.9 Å². The molecule has 0 amide bonds. The van der Waals surface area contributed by atoms with Crippen LogP contribution in [0.4, 0.5) is 0 Å². The van der Waals surface area contributed by atoms with Crippen molar-refractivity contribution in [3.05, 3.63) is 54.1 Å². The van der Waals surface area contributed by atoms with Crippen molar-refractivity contribution >= 4 is 10.8 Å². The standard InChI is InChI=1S/C18H16O3/c1-11-7-8-12-5-3-4-6-14(12)17(11)18-15(19)9-13(21-2)10-16(18)20/h3-10,19-20H,1-2H3. The van der Waals surface area contributed by atoms with Crippen molar-refractivity contribution < 1.29 is 14.9 Å². The van der Waals surface area contributed by atoms with E-state index in [1.54, 1.807) is 0 Å². The molecule has 0 aliphatic heterocycles. The van der Waals surface area contributed by atoms with Gasteiger partial charge in [0.05, 0.1) is 12.7 Å². The SMILES string of the molecule is COc1cc(O)c(-c2c(C)ccc3ccccc23)c(O)c1. The van der Waals surface area contributed by atoms with Gasteiger partial charge < -0.3 is 14.9 Å². The zero-order valence-corrected chi connectivity index (χ0v) is 11.9. The van der Waals surface area contributed by atoms with Gasteiger partial charge in [-0.25, -0.2) is 0 Å². The van der Waals surface area contributed by atoms with E-state index in [1.807, 2.05) is 43.3 Å². The summed E-state index contributed by atoms with van der Waals surface area (Å²) in [6.07, 6.45) is 0. The maximum atomic E-state index is 10.3. The number of fused-ring (bicyclic) bond motifs is 1. The van der Waals surface area contributed by atoms with E-state index < -0.39 is 0 Å². The molecule has 0 aliphatic carbocycles. The van der Waals surface area contributed by atoms with Crippen LogP contribution >= 0.6 is 0 Å². The largest absolute Gasteiger partial charge is 0.507 e. The Balaban J connectivity index is 2.38. The molecule has 3 aromatic carbocycles. The van der Waals surface area contributed by atoms with Crippen LogP contribution < -0.4 is 4.74 Å². The molecule has 0 fully saturated rings. The van der Waals surface area contributed by atoms with Crippen molar-refractivity contribution in [3.63, 3.8) is 0 Å². The van der Waals surface area contributed by atoms with Crippen molar-refractivity contribution in [2.24, 2.45) is 0 Å². The molecule has 0 aliphatic rings. The van der Waals surface area contributed by atoms with E-state index in [0.29, 0.717) is 11.3 Å². The molecule has 0 heterocycles. The van der Waals surface area contributed by atoms with Gasteiger partial charge in [0, 0.05) is 12.1 Å². The second-order valence-corrected chi connectivity index (χ2v) is 5.02. The van der Waals surface area contributed by atoms with Gasteiger partial charge in [-0.3, -0.25) is 0 Å². The molecule has 3 aromatic rings. The van der Waals surface area contributed by atoms with Gasteiger partial charge in [0.25, 0.3) is 0 Å². The number of phenols is 2. The first kappa shape index (κ1) is 13.3. The summed E-state index contributed by atoms with van der Waals surface area (Å²) in [5.74, 6) is 0.434. The predicted molar refractivity (Wildman–Crippen MR) is 84.0 cm³/mol. The average Bonchev–Trinajstić information content (AvgIpc) is 2.48. The summed E-state index contributed by atoms with van der Waals surface area (Å²) in [6.45, 7) is 1.96. The first-order chi connectivity index (χ1) is 10.1. The van der Waals surface area contributed by atoms with Crippen LogP contribution in [0.3, 0.4) is 0 Å².